The minimum atomic E-state index is -1.16. The number of nitro benzene ring substituents is 1. The maximum Gasteiger partial charge on any atom is 0.331 e. The summed E-state index contributed by atoms with van der Waals surface area (Å²) < 4.78 is 18.5. The first-order valence-corrected chi connectivity index (χ1v) is 7.33. The number of nitro groups is 1. The third kappa shape index (κ3) is 4.02. The second-order valence-corrected chi connectivity index (χ2v) is 5.90. The van der Waals surface area contributed by atoms with E-state index in [1.807, 2.05) is 6.92 Å². The van der Waals surface area contributed by atoms with Gasteiger partial charge in [0.1, 0.15) is 17.0 Å². The highest BCUT2D eigenvalue weighted by Crippen LogP contribution is 2.32. The van der Waals surface area contributed by atoms with E-state index in [2.05, 4.69) is 5.32 Å². The Hall–Kier alpha value is -1.45. The molecule has 0 aliphatic carbocycles. The van der Waals surface area contributed by atoms with E-state index in [0.717, 1.165) is 12.1 Å². The molecule has 1 aromatic carbocycles. The van der Waals surface area contributed by atoms with Gasteiger partial charge in [-0.1, -0.05) is 13.3 Å². The van der Waals surface area contributed by atoms with Crippen molar-refractivity contribution in [2.45, 2.75) is 32.2 Å². The van der Waals surface area contributed by atoms with E-state index in [4.69, 9.17) is 4.74 Å². The summed E-state index contributed by atoms with van der Waals surface area (Å²) in [6.45, 7) is 3.44. The van der Waals surface area contributed by atoms with Crippen LogP contribution in [0.3, 0.4) is 0 Å². The van der Waals surface area contributed by atoms with Crippen molar-refractivity contribution >= 4 is 39.9 Å². The van der Waals surface area contributed by atoms with E-state index >= 15 is 0 Å². The number of carbonyl (C=O) groups is 1. The molecule has 116 valence electrons. The summed E-state index contributed by atoms with van der Waals surface area (Å²) in [4.78, 5) is 22.4. The molecule has 1 unspecified atom stereocenters. The number of rotatable bonds is 6. The van der Waals surface area contributed by atoms with Crippen LogP contribution in [0.15, 0.2) is 12.1 Å². The molecule has 0 aliphatic heterocycles. The zero-order valence-corrected chi connectivity index (χ0v) is 14.1. The number of nitrogens with one attached hydrogen (secondary N) is 1. The van der Waals surface area contributed by atoms with Gasteiger partial charge in [0, 0.05) is 12.1 Å². The highest BCUT2D eigenvalue weighted by atomic mass is 127. The maximum absolute atomic E-state index is 13.7. The van der Waals surface area contributed by atoms with Crippen LogP contribution >= 0.6 is 22.6 Å². The fraction of sp³-hybridized carbons (Fsp3) is 0.462. The summed E-state index contributed by atoms with van der Waals surface area (Å²) in [6.07, 6.45) is 1.05. The molecule has 0 aliphatic rings. The first-order chi connectivity index (χ1) is 9.75. The highest BCUT2D eigenvalue weighted by molar-refractivity contribution is 14.1. The van der Waals surface area contributed by atoms with Crippen LogP contribution in [0.1, 0.15) is 26.7 Å². The van der Waals surface area contributed by atoms with Crippen molar-refractivity contribution < 1.29 is 18.8 Å². The van der Waals surface area contributed by atoms with Crippen LogP contribution in [0.4, 0.5) is 15.8 Å². The van der Waals surface area contributed by atoms with E-state index in [0.29, 0.717) is 12.8 Å². The number of ether oxygens (including phenoxy) is 1. The Bertz CT molecular complexity index is 567. The van der Waals surface area contributed by atoms with E-state index < -0.39 is 22.2 Å². The van der Waals surface area contributed by atoms with Gasteiger partial charge in [-0.25, -0.2) is 9.18 Å². The van der Waals surface area contributed by atoms with Gasteiger partial charge in [-0.15, -0.1) is 0 Å². The molecule has 0 saturated carbocycles. The second-order valence-electron chi connectivity index (χ2n) is 4.74. The molecule has 1 N–H and O–H groups in total. The maximum atomic E-state index is 13.7. The average Bonchev–Trinajstić information content (AvgIpc) is 2.41. The number of benzene rings is 1. The Morgan fingerprint density at radius 3 is 2.67 bits per heavy atom. The lowest BCUT2D eigenvalue weighted by Crippen LogP contribution is -2.44. The molecule has 8 heteroatoms. The topological polar surface area (TPSA) is 81.5 Å². The largest absolute Gasteiger partial charge is 0.467 e. The molecule has 0 fully saturated rings. The first kappa shape index (κ1) is 17.6. The smallest absolute Gasteiger partial charge is 0.331 e. The normalized spacial score (nSPS) is 13.4. The van der Waals surface area contributed by atoms with Crippen LogP contribution in [0.2, 0.25) is 0 Å². The van der Waals surface area contributed by atoms with Crippen LogP contribution in [-0.2, 0) is 9.53 Å². The third-order valence-electron chi connectivity index (χ3n) is 3.03. The summed E-state index contributed by atoms with van der Waals surface area (Å²) in [5, 5.41) is 13.9. The van der Waals surface area contributed by atoms with Crippen LogP contribution in [0, 0.1) is 19.5 Å². The molecule has 0 bridgehead atoms. The average molecular weight is 410 g/mol. The molecule has 0 saturated heterocycles. The summed E-state index contributed by atoms with van der Waals surface area (Å²) in [6, 6.07) is 2.15. The molecule has 1 atom stereocenters. The predicted molar refractivity (Wildman–Crippen MR) is 84.7 cm³/mol. The minimum absolute atomic E-state index is 0.0423. The lowest BCUT2D eigenvalue weighted by Gasteiger charge is -2.28. The summed E-state index contributed by atoms with van der Waals surface area (Å²) in [5.41, 5.74) is -1.49. The summed E-state index contributed by atoms with van der Waals surface area (Å²) in [5.74, 6) is -1.15. The Morgan fingerprint density at radius 1 is 1.57 bits per heavy atom. The van der Waals surface area contributed by atoms with Crippen molar-refractivity contribution in [2.75, 3.05) is 12.4 Å². The molecule has 1 aromatic rings. The fourth-order valence-corrected chi connectivity index (χ4v) is 2.48. The minimum Gasteiger partial charge on any atom is -0.467 e. The lowest BCUT2D eigenvalue weighted by molar-refractivity contribution is -0.384. The molecule has 0 amide bonds. The molecule has 0 spiro atoms. The number of nitrogens with zero attached hydrogens (tertiary/aromatic N) is 1. The van der Waals surface area contributed by atoms with E-state index in [9.17, 15) is 19.3 Å². The van der Waals surface area contributed by atoms with Crippen LogP contribution in [0.5, 0.6) is 0 Å². The first-order valence-electron chi connectivity index (χ1n) is 6.25. The zero-order valence-electron chi connectivity index (χ0n) is 11.9. The van der Waals surface area contributed by atoms with Crippen LogP contribution < -0.4 is 5.32 Å². The standard InChI is InChI=1S/C13H16FIN2O4/c1-4-5-13(2,12(18)21-3)16-10-6-8(14)9(15)7-11(10)17(19)20/h6-7,16H,4-5H2,1-3H3. The molecule has 6 nitrogen and oxygen atoms in total. The quantitative estimate of drug-likeness (QED) is 0.336. The number of hydrogen-bond donors (Lipinski definition) is 1. The summed E-state index contributed by atoms with van der Waals surface area (Å²) in [7, 11) is 1.24. The van der Waals surface area contributed by atoms with Gasteiger partial charge in [0.25, 0.3) is 5.69 Å². The number of halogens is 2. The number of methoxy groups -OCH3 is 1. The predicted octanol–water partition coefficient (Wildman–Crippen LogP) is 3.48. The highest BCUT2D eigenvalue weighted by Gasteiger charge is 2.35. The van der Waals surface area contributed by atoms with Gasteiger partial charge in [-0.2, -0.15) is 0 Å². The van der Waals surface area contributed by atoms with Crippen molar-refractivity contribution in [3.8, 4) is 0 Å². The van der Waals surface area contributed by atoms with Gasteiger partial charge in [0.2, 0.25) is 0 Å². The fourth-order valence-electron chi connectivity index (χ4n) is 2.03. The molecule has 0 heterocycles. The van der Waals surface area contributed by atoms with E-state index in [1.165, 1.54) is 7.11 Å². The molecule has 0 radical (unpaired) electrons. The Labute approximate surface area is 135 Å². The van der Waals surface area contributed by atoms with Gasteiger partial charge >= 0.3 is 5.97 Å². The number of carbonyl (C=O) groups excluding carboxylic acids is 1. The van der Waals surface area contributed by atoms with Gasteiger partial charge in [-0.05, 0) is 35.9 Å². The molecule has 1 rings (SSSR count). The molecule has 21 heavy (non-hydrogen) atoms. The van der Waals surface area contributed by atoms with Crippen molar-refractivity contribution in [2.24, 2.45) is 0 Å². The zero-order chi connectivity index (χ0) is 16.2. The van der Waals surface area contributed by atoms with Crippen LogP contribution in [-0.4, -0.2) is 23.5 Å². The summed E-state index contributed by atoms with van der Waals surface area (Å²) >= 11 is 1.68. The molecular weight excluding hydrogens is 394 g/mol. The molecular formula is C13H16FIN2O4. The SMILES string of the molecule is CCCC(C)(Nc1cc(F)c(I)cc1[N+](=O)[O-])C(=O)OC. The monoisotopic (exact) mass is 410 g/mol. The van der Waals surface area contributed by atoms with Crippen molar-refractivity contribution in [1.29, 1.82) is 0 Å². The second kappa shape index (κ2) is 7.01. The Morgan fingerprint density at radius 2 is 2.19 bits per heavy atom. The van der Waals surface area contributed by atoms with Gasteiger partial charge in [0.05, 0.1) is 15.6 Å². The van der Waals surface area contributed by atoms with Crippen molar-refractivity contribution in [3.63, 3.8) is 0 Å². The van der Waals surface area contributed by atoms with Gasteiger partial charge in [0.15, 0.2) is 0 Å². The Balaban J connectivity index is 3.29. The van der Waals surface area contributed by atoms with Gasteiger partial charge < -0.3 is 10.1 Å². The van der Waals surface area contributed by atoms with Crippen molar-refractivity contribution in [3.05, 3.63) is 31.6 Å². The van der Waals surface area contributed by atoms with E-state index in [1.54, 1.807) is 29.5 Å². The molecule has 0 aromatic heterocycles. The van der Waals surface area contributed by atoms with Crippen LogP contribution in [0.25, 0.3) is 0 Å². The Kier molecular flexibility index (Phi) is 5.87. The number of anilines is 1. The number of hydrogen-bond acceptors (Lipinski definition) is 5. The van der Waals surface area contributed by atoms with E-state index in [-0.39, 0.29) is 14.9 Å². The lowest BCUT2D eigenvalue weighted by atomic mass is 9.95. The number of esters is 1. The van der Waals surface area contributed by atoms with Gasteiger partial charge in [-0.3, -0.25) is 10.1 Å². The third-order valence-corrected chi connectivity index (χ3v) is 3.86. The van der Waals surface area contributed by atoms with Crippen molar-refractivity contribution in [1.82, 2.24) is 0 Å².